The molecule has 1 atom stereocenters. The van der Waals surface area contributed by atoms with E-state index in [1.807, 2.05) is 0 Å². The quantitative estimate of drug-likeness (QED) is 0.593. The van der Waals surface area contributed by atoms with E-state index in [2.05, 4.69) is 0 Å². The molecule has 1 saturated carbocycles. The molecular weight excluding hydrogens is 156 g/mol. The molecule has 1 aliphatic rings. The summed E-state index contributed by atoms with van der Waals surface area (Å²) < 4.78 is 4.98. The van der Waals surface area contributed by atoms with Crippen molar-refractivity contribution < 1.29 is 9.53 Å². The van der Waals surface area contributed by atoms with Gasteiger partial charge in [-0.25, -0.2) is 0 Å². The maximum atomic E-state index is 10.7. The van der Waals surface area contributed by atoms with E-state index < -0.39 is 5.54 Å². The molecule has 0 bridgehead atoms. The number of carbonyl (C=O) groups excluding carboxylic acids is 1. The summed E-state index contributed by atoms with van der Waals surface area (Å²) in [7, 11) is 1.59. The van der Waals surface area contributed by atoms with E-state index in [0.717, 1.165) is 12.8 Å². The van der Waals surface area contributed by atoms with Crippen LogP contribution >= 0.6 is 0 Å². The third kappa shape index (κ3) is 2.19. The first-order valence-electron chi connectivity index (χ1n) is 4.14. The minimum absolute atomic E-state index is 0.228. The lowest BCUT2D eigenvalue weighted by molar-refractivity contribution is -0.119. The number of ether oxygens (including phenoxy) is 1. The number of methoxy groups -OCH3 is 1. The highest BCUT2D eigenvalue weighted by molar-refractivity contribution is 5.75. The molecule has 1 rings (SSSR count). The van der Waals surface area contributed by atoms with Gasteiger partial charge in [0.05, 0.1) is 12.1 Å². The van der Waals surface area contributed by atoms with Crippen LogP contribution in [0.25, 0.3) is 0 Å². The number of rotatable bonds is 5. The largest absolute Gasteiger partial charge is 0.383 e. The standard InChI is InChI=1S/C8H16N2O2/c1-12-5-8(10,4-7(9)11)6-2-3-6/h6H,2-5,10H2,1H3,(H2,9,11). The Hall–Kier alpha value is -0.610. The van der Waals surface area contributed by atoms with Gasteiger partial charge in [0.15, 0.2) is 0 Å². The Morgan fingerprint density at radius 2 is 2.25 bits per heavy atom. The lowest BCUT2D eigenvalue weighted by atomic mass is 9.91. The Morgan fingerprint density at radius 1 is 1.67 bits per heavy atom. The summed E-state index contributed by atoms with van der Waals surface area (Å²) in [4.78, 5) is 10.7. The normalized spacial score (nSPS) is 21.8. The van der Waals surface area contributed by atoms with Gasteiger partial charge in [-0.15, -0.1) is 0 Å². The zero-order chi connectivity index (χ0) is 9.19. The van der Waals surface area contributed by atoms with Gasteiger partial charge in [-0.3, -0.25) is 4.79 Å². The van der Waals surface area contributed by atoms with Crippen molar-refractivity contribution in [1.29, 1.82) is 0 Å². The predicted octanol–water partition coefficient (Wildman–Crippen LogP) is -0.384. The van der Waals surface area contributed by atoms with Gasteiger partial charge < -0.3 is 16.2 Å². The summed E-state index contributed by atoms with van der Waals surface area (Å²) in [6.45, 7) is 0.417. The molecule has 1 amide bonds. The molecule has 70 valence electrons. The second-order valence-corrected chi connectivity index (χ2v) is 3.58. The molecule has 12 heavy (non-hydrogen) atoms. The van der Waals surface area contributed by atoms with Crippen LogP contribution in [0.2, 0.25) is 0 Å². The topological polar surface area (TPSA) is 78.3 Å². The van der Waals surface area contributed by atoms with Crippen molar-refractivity contribution in [1.82, 2.24) is 0 Å². The summed E-state index contributed by atoms with van der Waals surface area (Å²) in [5.74, 6) is 0.0754. The molecule has 4 N–H and O–H groups in total. The molecule has 0 aromatic carbocycles. The minimum atomic E-state index is -0.513. The van der Waals surface area contributed by atoms with Crippen LogP contribution in [0.4, 0.5) is 0 Å². The Morgan fingerprint density at radius 3 is 2.58 bits per heavy atom. The molecule has 1 unspecified atom stereocenters. The molecule has 4 nitrogen and oxygen atoms in total. The van der Waals surface area contributed by atoms with E-state index in [0.29, 0.717) is 12.5 Å². The predicted molar refractivity (Wildman–Crippen MR) is 45.3 cm³/mol. The van der Waals surface area contributed by atoms with Crippen molar-refractivity contribution in [3.8, 4) is 0 Å². The average Bonchev–Trinajstić information content (AvgIpc) is 2.65. The molecule has 0 saturated heterocycles. The van der Waals surface area contributed by atoms with Gasteiger partial charge in [-0.1, -0.05) is 0 Å². The summed E-state index contributed by atoms with van der Waals surface area (Å²) in [5, 5.41) is 0. The molecule has 0 aliphatic heterocycles. The number of hydrogen-bond donors (Lipinski definition) is 2. The van der Waals surface area contributed by atoms with E-state index in [4.69, 9.17) is 16.2 Å². The first kappa shape index (κ1) is 9.48. The van der Waals surface area contributed by atoms with Crippen molar-refractivity contribution in [2.24, 2.45) is 17.4 Å². The second kappa shape index (κ2) is 3.41. The maximum Gasteiger partial charge on any atom is 0.219 e. The van der Waals surface area contributed by atoms with Crippen LogP contribution in [0, 0.1) is 5.92 Å². The first-order chi connectivity index (χ1) is 5.58. The molecule has 0 radical (unpaired) electrons. The van der Waals surface area contributed by atoms with Crippen LogP contribution in [0.5, 0.6) is 0 Å². The van der Waals surface area contributed by atoms with Crippen molar-refractivity contribution in [2.45, 2.75) is 24.8 Å². The fourth-order valence-electron chi connectivity index (χ4n) is 1.56. The minimum Gasteiger partial charge on any atom is -0.383 e. The average molecular weight is 172 g/mol. The SMILES string of the molecule is COCC(N)(CC(N)=O)C1CC1. The molecule has 4 heteroatoms. The van der Waals surface area contributed by atoms with Crippen LogP contribution in [-0.2, 0) is 9.53 Å². The Labute approximate surface area is 72.2 Å². The van der Waals surface area contributed by atoms with Crippen LogP contribution in [0.1, 0.15) is 19.3 Å². The Bertz CT molecular complexity index is 180. The summed E-state index contributed by atoms with van der Waals surface area (Å²) >= 11 is 0. The summed E-state index contributed by atoms with van der Waals surface area (Å²) in [6.07, 6.45) is 2.41. The molecule has 0 aromatic rings. The van der Waals surface area contributed by atoms with Crippen LogP contribution < -0.4 is 11.5 Å². The van der Waals surface area contributed by atoms with Crippen molar-refractivity contribution in [3.05, 3.63) is 0 Å². The zero-order valence-electron chi connectivity index (χ0n) is 7.38. The second-order valence-electron chi connectivity index (χ2n) is 3.58. The van der Waals surface area contributed by atoms with E-state index in [1.165, 1.54) is 0 Å². The third-order valence-corrected chi connectivity index (χ3v) is 2.31. The van der Waals surface area contributed by atoms with E-state index >= 15 is 0 Å². The molecule has 1 aliphatic carbocycles. The number of nitrogens with two attached hydrogens (primary N) is 2. The number of carbonyl (C=O) groups is 1. The highest BCUT2D eigenvalue weighted by Crippen LogP contribution is 2.40. The lowest BCUT2D eigenvalue weighted by Crippen LogP contribution is -2.49. The Kier molecular flexibility index (Phi) is 2.69. The molecule has 0 aromatic heterocycles. The Balaban J connectivity index is 2.51. The van der Waals surface area contributed by atoms with Gasteiger partial charge >= 0.3 is 0 Å². The third-order valence-electron chi connectivity index (χ3n) is 2.31. The number of hydrogen-bond acceptors (Lipinski definition) is 3. The lowest BCUT2D eigenvalue weighted by Gasteiger charge is -2.27. The van der Waals surface area contributed by atoms with Gasteiger partial charge in [0.2, 0.25) is 5.91 Å². The smallest absolute Gasteiger partial charge is 0.219 e. The van der Waals surface area contributed by atoms with Gasteiger partial charge in [-0.05, 0) is 18.8 Å². The van der Waals surface area contributed by atoms with Gasteiger partial charge in [0, 0.05) is 13.5 Å². The summed E-state index contributed by atoms with van der Waals surface area (Å²) in [6, 6.07) is 0. The fraction of sp³-hybridized carbons (Fsp3) is 0.875. The van der Waals surface area contributed by atoms with Gasteiger partial charge in [-0.2, -0.15) is 0 Å². The fourth-order valence-corrected chi connectivity index (χ4v) is 1.56. The van der Waals surface area contributed by atoms with Crippen LogP contribution in [0.3, 0.4) is 0 Å². The van der Waals surface area contributed by atoms with E-state index in [1.54, 1.807) is 7.11 Å². The van der Waals surface area contributed by atoms with Crippen molar-refractivity contribution >= 4 is 5.91 Å². The highest BCUT2D eigenvalue weighted by atomic mass is 16.5. The van der Waals surface area contributed by atoms with Gasteiger partial charge in [0.25, 0.3) is 0 Å². The van der Waals surface area contributed by atoms with Crippen LogP contribution in [0.15, 0.2) is 0 Å². The summed E-state index contributed by atoms with van der Waals surface area (Å²) in [5.41, 5.74) is 10.6. The molecule has 0 spiro atoms. The van der Waals surface area contributed by atoms with E-state index in [9.17, 15) is 4.79 Å². The van der Waals surface area contributed by atoms with Crippen molar-refractivity contribution in [3.63, 3.8) is 0 Å². The highest BCUT2D eigenvalue weighted by Gasteiger charge is 2.43. The number of primary amides is 1. The number of amides is 1. The molecule has 0 heterocycles. The van der Waals surface area contributed by atoms with Crippen molar-refractivity contribution in [2.75, 3.05) is 13.7 Å². The molecular formula is C8H16N2O2. The molecule has 1 fully saturated rings. The first-order valence-corrected chi connectivity index (χ1v) is 4.14. The van der Waals surface area contributed by atoms with Gasteiger partial charge in [0.1, 0.15) is 0 Å². The van der Waals surface area contributed by atoms with E-state index in [-0.39, 0.29) is 12.3 Å². The zero-order valence-corrected chi connectivity index (χ0v) is 7.38. The maximum absolute atomic E-state index is 10.7. The van der Waals surface area contributed by atoms with Crippen LogP contribution in [-0.4, -0.2) is 25.2 Å². The monoisotopic (exact) mass is 172 g/mol.